The van der Waals surface area contributed by atoms with Crippen molar-refractivity contribution in [3.05, 3.63) is 41.7 Å². The molecule has 0 bridgehead atoms. The molecule has 28 heavy (non-hydrogen) atoms. The molecule has 2 aliphatic rings. The van der Waals surface area contributed by atoms with Crippen molar-refractivity contribution in [2.45, 2.75) is 64.1 Å². The molecule has 0 spiro atoms. The summed E-state index contributed by atoms with van der Waals surface area (Å²) in [5.74, 6) is 1.20. The number of fused-ring (bicyclic) bond motifs is 2. The highest BCUT2D eigenvalue weighted by atomic mass is 19.4. The molecule has 2 aliphatic carbocycles. The highest BCUT2D eigenvalue weighted by molar-refractivity contribution is 5.85. The molecule has 2 saturated carbocycles. The van der Waals surface area contributed by atoms with Crippen molar-refractivity contribution >= 4 is 10.8 Å². The maximum absolute atomic E-state index is 14.1. The molecule has 2 aromatic carbocycles. The van der Waals surface area contributed by atoms with Crippen LogP contribution in [0.15, 0.2) is 30.3 Å². The molecule has 152 valence electrons. The van der Waals surface area contributed by atoms with E-state index in [0.29, 0.717) is 16.7 Å². The highest BCUT2D eigenvalue weighted by Crippen LogP contribution is 2.48. The standard InChI is InChI=1S/C23H26F4O/c1-2-14-3-4-16-10-17(6-5-15(16)9-14)18-7-8-19-13-22(28-23(25,26)27)21(24)12-20(19)11-18/h7-8,11-17H,2-6,9-10H2,1H3. The van der Waals surface area contributed by atoms with Crippen LogP contribution in [0.1, 0.15) is 63.4 Å². The number of benzene rings is 2. The molecule has 2 aromatic rings. The Balaban J connectivity index is 1.53. The average Bonchev–Trinajstić information content (AvgIpc) is 2.66. The summed E-state index contributed by atoms with van der Waals surface area (Å²) < 4.78 is 55.1. The summed E-state index contributed by atoms with van der Waals surface area (Å²) in [5.41, 5.74) is 1.17. The van der Waals surface area contributed by atoms with Gasteiger partial charge >= 0.3 is 6.36 Å². The minimum absolute atomic E-state index is 0.456. The van der Waals surface area contributed by atoms with Crippen LogP contribution in [-0.4, -0.2) is 6.36 Å². The number of halogens is 4. The molecule has 0 amide bonds. The largest absolute Gasteiger partial charge is 0.573 e. The normalized spacial score (nSPS) is 28.2. The molecule has 2 fully saturated rings. The predicted octanol–water partition coefficient (Wildman–Crippen LogP) is 7.59. The van der Waals surface area contributed by atoms with Gasteiger partial charge in [-0.25, -0.2) is 4.39 Å². The van der Waals surface area contributed by atoms with Crippen molar-refractivity contribution in [1.82, 2.24) is 0 Å². The second-order valence-electron chi connectivity index (χ2n) is 8.55. The fourth-order valence-corrected chi connectivity index (χ4v) is 5.38. The lowest BCUT2D eigenvalue weighted by atomic mass is 9.63. The van der Waals surface area contributed by atoms with Crippen molar-refractivity contribution in [2.75, 3.05) is 0 Å². The van der Waals surface area contributed by atoms with Crippen LogP contribution in [0.2, 0.25) is 0 Å². The van der Waals surface area contributed by atoms with E-state index in [-0.39, 0.29) is 0 Å². The van der Waals surface area contributed by atoms with E-state index in [0.717, 1.165) is 36.3 Å². The molecule has 0 N–H and O–H groups in total. The van der Waals surface area contributed by atoms with Crippen LogP contribution in [0.25, 0.3) is 10.8 Å². The van der Waals surface area contributed by atoms with Crippen LogP contribution in [0, 0.1) is 23.6 Å². The van der Waals surface area contributed by atoms with Crippen molar-refractivity contribution in [3.63, 3.8) is 0 Å². The van der Waals surface area contributed by atoms with Gasteiger partial charge in [0, 0.05) is 0 Å². The molecule has 0 radical (unpaired) electrons. The van der Waals surface area contributed by atoms with Gasteiger partial charge in [-0.3, -0.25) is 0 Å². The average molecular weight is 394 g/mol. The molecule has 4 unspecified atom stereocenters. The fourth-order valence-electron chi connectivity index (χ4n) is 5.38. The summed E-state index contributed by atoms with van der Waals surface area (Å²) in [6.45, 7) is 2.29. The van der Waals surface area contributed by atoms with Crippen LogP contribution in [0.4, 0.5) is 17.6 Å². The third kappa shape index (κ3) is 4.13. The van der Waals surface area contributed by atoms with Crippen molar-refractivity contribution in [3.8, 4) is 5.75 Å². The minimum Gasteiger partial charge on any atom is -0.403 e. The monoisotopic (exact) mass is 394 g/mol. The number of alkyl halides is 3. The molecular weight excluding hydrogens is 368 g/mol. The third-order valence-corrected chi connectivity index (χ3v) is 6.91. The Morgan fingerprint density at radius 3 is 2.43 bits per heavy atom. The van der Waals surface area contributed by atoms with Crippen molar-refractivity contribution < 1.29 is 22.3 Å². The number of ether oxygens (including phenoxy) is 1. The van der Waals surface area contributed by atoms with Crippen LogP contribution in [0.5, 0.6) is 5.75 Å². The second-order valence-corrected chi connectivity index (χ2v) is 8.55. The first-order chi connectivity index (χ1) is 13.3. The van der Waals surface area contributed by atoms with E-state index in [2.05, 4.69) is 11.7 Å². The third-order valence-electron chi connectivity index (χ3n) is 6.91. The molecule has 0 heterocycles. The molecule has 5 heteroatoms. The number of rotatable bonds is 3. The van der Waals surface area contributed by atoms with Gasteiger partial charge in [-0.05, 0) is 84.2 Å². The molecule has 0 aromatic heterocycles. The number of hydrogen-bond acceptors (Lipinski definition) is 1. The van der Waals surface area contributed by atoms with Gasteiger partial charge in [0.1, 0.15) is 0 Å². The second kappa shape index (κ2) is 7.57. The summed E-state index contributed by atoms with van der Waals surface area (Å²) in [7, 11) is 0. The first-order valence-electron chi connectivity index (χ1n) is 10.3. The molecule has 0 aliphatic heterocycles. The van der Waals surface area contributed by atoms with Crippen LogP contribution >= 0.6 is 0 Å². The van der Waals surface area contributed by atoms with E-state index in [4.69, 9.17) is 0 Å². The Hall–Kier alpha value is -1.78. The van der Waals surface area contributed by atoms with Gasteiger partial charge < -0.3 is 4.74 Å². The lowest BCUT2D eigenvalue weighted by Gasteiger charge is -2.42. The van der Waals surface area contributed by atoms with E-state index in [1.165, 1.54) is 44.1 Å². The summed E-state index contributed by atoms with van der Waals surface area (Å²) in [5, 5.41) is 1.18. The first-order valence-corrected chi connectivity index (χ1v) is 10.3. The van der Waals surface area contributed by atoms with Gasteiger partial charge in [-0.1, -0.05) is 38.0 Å². The minimum atomic E-state index is -4.90. The Morgan fingerprint density at radius 2 is 1.68 bits per heavy atom. The fraction of sp³-hybridized carbons (Fsp3) is 0.565. The smallest absolute Gasteiger partial charge is 0.403 e. The lowest BCUT2D eigenvalue weighted by Crippen LogP contribution is -2.30. The highest BCUT2D eigenvalue weighted by Gasteiger charge is 2.36. The molecule has 1 nitrogen and oxygen atoms in total. The van der Waals surface area contributed by atoms with E-state index in [1.807, 2.05) is 12.1 Å². The van der Waals surface area contributed by atoms with Gasteiger partial charge in [-0.15, -0.1) is 13.2 Å². The summed E-state index contributed by atoms with van der Waals surface area (Å²) in [4.78, 5) is 0. The zero-order valence-corrected chi connectivity index (χ0v) is 16.1. The maximum atomic E-state index is 14.1. The van der Waals surface area contributed by atoms with Crippen LogP contribution in [-0.2, 0) is 0 Å². The van der Waals surface area contributed by atoms with E-state index in [9.17, 15) is 17.6 Å². The Morgan fingerprint density at radius 1 is 0.929 bits per heavy atom. The van der Waals surface area contributed by atoms with Gasteiger partial charge in [0.25, 0.3) is 0 Å². The van der Waals surface area contributed by atoms with Gasteiger partial charge in [0.2, 0.25) is 0 Å². The molecule has 0 saturated heterocycles. The van der Waals surface area contributed by atoms with E-state index in [1.54, 1.807) is 6.07 Å². The van der Waals surface area contributed by atoms with Crippen LogP contribution < -0.4 is 4.74 Å². The van der Waals surface area contributed by atoms with Crippen LogP contribution in [0.3, 0.4) is 0 Å². The van der Waals surface area contributed by atoms with Gasteiger partial charge in [-0.2, -0.15) is 0 Å². The Labute approximate surface area is 163 Å². The quantitative estimate of drug-likeness (QED) is 0.487. The Bertz CT molecular complexity index is 844. The van der Waals surface area contributed by atoms with Crippen molar-refractivity contribution in [2.24, 2.45) is 17.8 Å². The molecular formula is C23H26F4O. The predicted molar refractivity (Wildman–Crippen MR) is 102 cm³/mol. The molecule has 4 atom stereocenters. The summed E-state index contributed by atoms with van der Waals surface area (Å²) >= 11 is 0. The Kier molecular flexibility index (Phi) is 5.28. The molecule has 4 rings (SSSR count). The summed E-state index contributed by atoms with van der Waals surface area (Å²) in [6, 6.07) is 8.00. The van der Waals surface area contributed by atoms with Gasteiger partial charge in [0.15, 0.2) is 11.6 Å². The number of hydrogen-bond donors (Lipinski definition) is 0. The van der Waals surface area contributed by atoms with Gasteiger partial charge in [0.05, 0.1) is 0 Å². The van der Waals surface area contributed by atoms with E-state index < -0.39 is 17.9 Å². The van der Waals surface area contributed by atoms with E-state index >= 15 is 0 Å². The SMILES string of the molecule is CCC1CCC2CC(c3ccc4cc(OC(F)(F)F)c(F)cc4c3)CCC2C1. The zero-order chi connectivity index (χ0) is 19.9. The maximum Gasteiger partial charge on any atom is 0.573 e. The first kappa shape index (κ1) is 19.5. The summed E-state index contributed by atoms with van der Waals surface area (Å²) in [6.07, 6.45) is 3.93. The topological polar surface area (TPSA) is 9.23 Å². The zero-order valence-electron chi connectivity index (χ0n) is 16.1. The van der Waals surface area contributed by atoms with Crippen molar-refractivity contribution in [1.29, 1.82) is 0 Å². The lowest BCUT2D eigenvalue weighted by molar-refractivity contribution is -0.275.